The van der Waals surface area contributed by atoms with E-state index in [0.717, 1.165) is 12.1 Å². The molecule has 1 aromatic rings. The summed E-state index contributed by atoms with van der Waals surface area (Å²) in [5, 5.41) is 4.59. The molecule has 0 aliphatic heterocycles. The van der Waals surface area contributed by atoms with E-state index in [-0.39, 0.29) is 12.5 Å². The van der Waals surface area contributed by atoms with Crippen LogP contribution in [-0.4, -0.2) is 29.3 Å². The van der Waals surface area contributed by atoms with Crippen molar-refractivity contribution in [1.29, 1.82) is 0 Å². The molecule has 2 amide bonds. The Morgan fingerprint density at radius 1 is 0.862 bits per heavy atom. The van der Waals surface area contributed by atoms with Crippen molar-refractivity contribution in [2.75, 3.05) is 0 Å². The highest BCUT2D eigenvalue weighted by atomic mass is 19.4. The first-order chi connectivity index (χ1) is 13.0. The molecule has 0 saturated heterocycles. The van der Waals surface area contributed by atoms with Gasteiger partial charge in [-0.05, 0) is 59.2 Å². The average Bonchev–Trinajstić information content (AvgIpc) is 2.48. The molecule has 0 bridgehead atoms. The molecule has 0 aliphatic carbocycles. The molecule has 10 heteroatoms. The Morgan fingerprint density at radius 3 is 1.62 bits per heavy atom. The normalized spacial score (nSPS) is 12.0. The summed E-state index contributed by atoms with van der Waals surface area (Å²) in [7, 11) is 0. The number of hydrogen-bond donors (Lipinski definition) is 2. The molecule has 2 N–H and O–H groups in total. The van der Waals surface area contributed by atoms with Crippen LogP contribution < -0.4 is 10.6 Å². The van der Waals surface area contributed by atoms with E-state index < -0.39 is 35.1 Å². The molecule has 0 atom stereocenters. The van der Waals surface area contributed by atoms with Gasteiger partial charge < -0.3 is 9.47 Å². The highest BCUT2D eigenvalue weighted by molar-refractivity contribution is 6.01. The van der Waals surface area contributed by atoms with Crippen LogP contribution in [0.3, 0.4) is 0 Å². The van der Waals surface area contributed by atoms with Crippen LogP contribution in [-0.2, 0) is 22.2 Å². The summed E-state index contributed by atoms with van der Waals surface area (Å²) in [6.07, 6.45) is -6.16. The van der Waals surface area contributed by atoms with Crippen molar-refractivity contribution in [3.05, 3.63) is 35.4 Å². The van der Waals surface area contributed by atoms with Gasteiger partial charge >= 0.3 is 18.4 Å². The minimum atomic E-state index is -4.44. The summed E-state index contributed by atoms with van der Waals surface area (Å²) in [6.45, 7) is 9.86. The number of aliphatic imine (C=N–C) groups is 1. The third-order valence-corrected chi connectivity index (χ3v) is 2.94. The number of carbonyl (C=O) groups is 2. The van der Waals surface area contributed by atoms with Gasteiger partial charge in [-0.15, -0.1) is 0 Å². The monoisotopic (exact) mass is 417 g/mol. The van der Waals surface area contributed by atoms with Crippen molar-refractivity contribution in [2.45, 2.75) is 65.5 Å². The van der Waals surface area contributed by atoms with Gasteiger partial charge in [0.15, 0.2) is 0 Å². The minimum absolute atomic E-state index is 0.0981. The smallest absolute Gasteiger partial charge is 0.416 e. The number of benzene rings is 1. The fourth-order valence-corrected chi connectivity index (χ4v) is 1.88. The number of carbonyl (C=O) groups excluding carboxylic acids is 2. The van der Waals surface area contributed by atoms with Crippen LogP contribution in [0.25, 0.3) is 0 Å². The molecule has 0 heterocycles. The molecule has 0 fully saturated rings. The van der Waals surface area contributed by atoms with Crippen LogP contribution >= 0.6 is 0 Å². The molecule has 7 nitrogen and oxygen atoms in total. The van der Waals surface area contributed by atoms with E-state index >= 15 is 0 Å². The van der Waals surface area contributed by atoms with E-state index in [1.165, 1.54) is 12.1 Å². The van der Waals surface area contributed by atoms with Gasteiger partial charge in [0, 0.05) is 0 Å². The van der Waals surface area contributed by atoms with Crippen LogP contribution in [0.15, 0.2) is 29.3 Å². The Labute approximate surface area is 167 Å². The zero-order chi connectivity index (χ0) is 22.5. The summed E-state index contributed by atoms with van der Waals surface area (Å²) >= 11 is 0. The third kappa shape index (κ3) is 10.4. The van der Waals surface area contributed by atoms with Crippen LogP contribution in [0.2, 0.25) is 0 Å². The van der Waals surface area contributed by atoms with Gasteiger partial charge in [-0.1, -0.05) is 12.1 Å². The second kappa shape index (κ2) is 9.15. The van der Waals surface area contributed by atoms with Crippen LogP contribution in [0.1, 0.15) is 52.7 Å². The number of amides is 2. The number of rotatable bonds is 2. The number of hydrogen-bond acceptors (Lipinski definition) is 5. The van der Waals surface area contributed by atoms with Gasteiger partial charge in [0.25, 0.3) is 0 Å². The van der Waals surface area contributed by atoms with E-state index in [0.29, 0.717) is 5.56 Å². The Balaban J connectivity index is 2.93. The second-order valence-corrected chi connectivity index (χ2v) is 8.11. The standard InChI is InChI=1S/C19H26F3N3O4/c1-17(2,3)28-15(26)24-14(25-16(27)29-18(4,5)6)23-11-12-7-9-13(10-8-12)19(20,21)22/h7-10H,11H2,1-6H3,(H2,23,24,25,26,27). The van der Waals surface area contributed by atoms with Crippen molar-refractivity contribution < 1.29 is 32.2 Å². The number of guanidine groups is 1. The topological polar surface area (TPSA) is 89.0 Å². The van der Waals surface area contributed by atoms with Gasteiger partial charge in [-0.25, -0.2) is 14.6 Å². The molecule has 29 heavy (non-hydrogen) atoms. The molecule has 0 spiro atoms. The number of alkyl halides is 3. The maximum Gasteiger partial charge on any atom is 0.416 e. The summed E-state index contributed by atoms with van der Waals surface area (Å²) in [4.78, 5) is 28.0. The van der Waals surface area contributed by atoms with Crippen molar-refractivity contribution >= 4 is 18.1 Å². The van der Waals surface area contributed by atoms with Crippen LogP contribution in [0.5, 0.6) is 0 Å². The maximum absolute atomic E-state index is 12.6. The van der Waals surface area contributed by atoms with E-state index in [1.54, 1.807) is 41.5 Å². The largest absolute Gasteiger partial charge is 0.444 e. The lowest BCUT2D eigenvalue weighted by Crippen LogP contribution is -2.47. The fourth-order valence-electron chi connectivity index (χ4n) is 1.88. The van der Waals surface area contributed by atoms with E-state index in [2.05, 4.69) is 15.6 Å². The second-order valence-electron chi connectivity index (χ2n) is 8.11. The van der Waals surface area contributed by atoms with Crippen LogP contribution in [0.4, 0.5) is 22.8 Å². The Kier molecular flexibility index (Phi) is 7.65. The van der Waals surface area contributed by atoms with Crippen LogP contribution in [0, 0.1) is 0 Å². The predicted molar refractivity (Wildman–Crippen MR) is 101 cm³/mol. The summed E-state index contributed by atoms with van der Waals surface area (Å²) in [6, 6.07) is 4.36. The zero-order valence-electron chi connectivity index (χ0n) is 17.2. The van der Waals surface area contributed by atoms with Gasteiger partial charge in [-0.3, -0.25) is 10.6 Å². The fraction of sp³-hybridized carbons (Fsp3) is 0.526. The van der Waals surface area contributed by atoms with E-state index in [4.69, 9.17) is 9.47 Å². The Morgan fingerprint density at radius 2 is 1.28 bits per heavy atom. The van der Waals surface area contributed by atoms with Gasteiger partial charge in [0.05, 0.1) is 12.1 Å². The van der Waals surface area contributed by atoms with Crippen molar-refractivity contribution in [3.63, 3.8) is 0 Å². The van der Waals surface area contributed by atoms with E-state index in [9.17, 15) is 22.8 Å². The zero-order valence-corrected chi connectivity index (χ0v) is 17.2. The lowest BCUT2D eigenvalue weighted by atomic mass is 10.1. The highest BCUT2D eigenvalue weighted by Crippen LogP contribution is 2.29. The average molecular weight is 417 g/mol. The minimum Gasteiger partial charge on any atom is -0.444 e. The molecule has 0 aromatic heterocycles. The molecule has 0 radical (unpaired) electrons. The highest BCUT2D eigenvalue weighted by Gasteiger charge is 2.30. The molecule has 0 saturated carbocycles. The number of halogens is 3. The first kappa shape index (κ1) is 24.3. The number of nitrogens with zero attached hydrogens (tertiary/aromatic N) is 1. The molecule has 0 unspecified atom stereocenters. The first-order valence-corrected chi connectivity index (χ1v) is 8.76. The number of nitrogens with one attached hydrogen (secondary N) is 2. The van der Waals surface area contributed by atoms with Crippen molar-refractivity contribution in [3.8, 4) is 0 Å². The predicted octanol–water partition coefficient (Wildman–Crippen LogP) is 4.61. The molecular weight excluding hydrogens is 391 g/mol. The molecule has 162 valence electrons. The lowest BCUT2D eigenvalue weighted by Gasteiger charge is -2.22. The third-order valence-electron chi connectivity index (χ3n) is 2.94. The number of ether oxygens (including phenoxy) is 2. The molecule has 1 aromatic carbocycles. The Bertz CT molecular complexity index is 714. The van der Waals surface area contributed by atoms with Gasteiger partial charge in [-0.2, -0.15) is 13.2 Å². The summed E-state index contributed by atoms with van der Waals surface area (Å²) in [5.41, 5.74) is -1.92. The number of alkyl carbamates (subject to hydrolysis) is 2. The SMILES string of the molecule is CC(C)(C)OC(=O)NC(=NCc1ccc(C(F)(F)F)cc1)NC(=O)OC(C)(C)C. The summed E-state index contributed by atoms with van der Waals surface area (Å²) < 4.78 is 48.1. The van der Waals surface area contributed by atoms with Gasteiger partial charge in [0.2, 0.25) is 5.96 Å². The molecule has 0 aliphatic rings. The van der Waals surface area contributed by atoms with Crippen molar-refractivity contribution in [1.82, 2.24) is 10.6 Å². The maximum atomic E-state index is 12.6. The first-order valence-electron chi connectivity index (χ1n) is 8.76. The molecular formula is C19H26F3N3O4. The Hall–Kier alpha value is -2.78. The van der Waals surface area contributed by atoms with E-state index in [1.807, 2.05) is 0 Å². The summed E-state index contributed by atoms with van der Waals surface area (Å²) in [5.74, 6) is -0.256. The lowest BCUT2D eigenvalue weighted by molar-refractivity contribution is -0.137. The molecule has 1 rings (SSSR count). The van der Waals surface area contributed by atoms with Crippen molar-refractivity contribution in [2.24, 2.45) is 4.99 Å². The quantitative estimate of drug-likeness (QED) is 0.543. The van der Waals surface area contributed by atoms with Gasteiger partial charge in [0.1, 0.15) is 11.2 Å².